The summed E-state index contributed by atoms with van der Waals surface area (Å²) in [5.74, 6) is 0.404. The summed E-state index contributed by atoms with van der Waals surface area (Å²) in [7, 11) is 0. The van der Waals surface area contributed by atoms with Crippen molar-refractivity contribution < 1.29 is 0 Å². The molecule has 0 aliphatic carbocycles. The van der Waals surface area contributed by atoms with Crippen LogP contribution in [0.1, 0.15) is 28.2 Å². The molecule has 0 bridgehead atoms. The van der Waals surface area contributed by atoms with E-state index in [4.69, 9.17) is 0 Å². The van der Waals surface area contributed by atoms with Crippen molar-refractivity contribution in [1.29, 1.82) is 0 Å². The molecule has 118 valence electrons. The Kier molecular flexibility index (Phi) is 4.10. The van der Waals surface area contributed by atoms with E-state index in [1.165, 1.54) is 10.2 Å². The molecule has 0 spiro atoms. The number of aromatic nitrogens is 4. The lowest BCUT2D eigenvalue weighted by molar-refractivity contribution is 0.761. The minimum Gasteiger partial charge on any atom is -0.292 e. The predicted octanol–water partition coefficient (Wildman–Crippen LogP) is 2.67. The topological polar surface area (TPSA) is 63.6 Å². The summed E-state index contributed by atoms with van der Waals surface area (Å²) in [5, 5.41) is 3.10. The zero-order valence-corrected chi connectivity index (χ0v) is 13.6. The largest absolute Gasteiger partial charge is 0.292 e. The van der Waals surface area contributed by atoms with Crippen LogP contribution in [-0.2, 0) is 12.8 Å². The number of hydrogen-bond donors (Lipinski definition) is 1. The highest BCUT2D eigenvalue weighted by Crippen LogP contribution is 2.09. The first-order valence-electron chi connectivity index (χ1n) is 7.71. The van der Waals surface area contributed by atoms with Gasteiger partial charge in [0.15, 0.2) is 0 Å². The van der Waals surface area contributed by atoms with Gasteiger partial charge in [-0.15, -0.1) is 0 Å². The zero-order valence-electron chi connectivity index (χ0n) is 13.6. The number of aryl methyl sites for hydroxylation is 4. The number of hydrogen-bond acceptors (Lipinski definition) is 3. The van der Waals surface area contributed by atoms with Crippen molar-refractivity contribution in [3.05, 3.63) is 75.0 Å². The molecule has 3 rings (SSSR count). The third-order valence-electron chi connectivity index (χ3n) is 3.87. The van der Waals surface area contributed by atoms with Gasteiger partial charge in [-0.3, -0.25) is 9.89 Å². The Morgan fingerprint density at radius 2 is 1.65 bits per heavy atom. The van der Waals surface area contributed by atoms with E-state index in [-0.39, 0.29) is 5.56 Å². The highest BCUT2D eigenvalue weighted by atomic mass is 16.1. The van der Waals surface area contributed by atoms with Gasteiger partial charge in [0.2, 0.25) is 0 Å². The van der Waals surface area contributed by atoms with Crippen LogP contribution in [0.5, 0.6) is 0 Å². The highest BCUT2D eigenvalue weighted by molar-refractivity contribution is 5.25. The molecule has 0 unspecified atom stereocenters. The second-order valence-corrected chi connectivity index (χ2v) is 5.79. The molecule has 0 saturated heterocycles. The monoisotopic (exact) mass is 308 g/mol. The van der Waals surface area contributed by atoms with Crippen molar-refractivity contribution in [3.63, 3.8) is 0 Å². The number of rotatable bonds is 4. The average molecular weight is 308 g/mol. The van der Waals surface area contributed by atoms with Gasteiger partial charge in [0.1, 0.15) is 0 Å². The van der Waals surface area contributed by atoms with Crippen molar-refractivity contribution in [3.8, 4) is 5.95 Å². The molecular weight excluding hydrogens is 288 g/mol. The molecule has 23 heavy (non-hydrogen) atoms. The summed E-state index contributed by atoms with van der Waals surface area (Å²) in [4.78, 5) is 21.4. The van der Waals surface area contributed by atoms with Crippen molar-refractivity contribution in [2.45, 2.75) is 33.6 Å². The zero-order chi connectivity index (χ0) is 16.4. The van der Waals surface area contributed by atoms with Gasteiger partial charge < -0.3 is 0 Å². The predicted molar refractivity (Wildman–Crippen MR) is 90.0 cm³/mol. The van der Waals surface area contributed by atoms with Crippen LogP contribution in [0.3, 0.4) is 0 Å². The molecule has 0 aliphatic heterocycles. The van der Waals surface area contributed by atoms with E-state index in [0.29, 0.717) is 12.4 Å². The standard InChI is InChI=1S/C18H20N4O/c1-12-11-13(2)20-18(19-12)22-17(23)16(14(3)21-22)10-9-15-7-5-4-6-8-15/h4-8,11,21H,9-10H2,1-3H3. The molecule has 1 aromatic carbocycles. The SMILES string of the molecule is Cc1cc(C)nc(-n2[nH]c(C)c(CCc3ccccc3)c2=O)n1. The first-order chi connectivity index (χ1) is 11.0. The summed E-state index contributed by atoms with van der Waals surface area (Å²) < 4.78 is 1.44. The Balaban J connectivity index is 1.92. The van der Waals surface area contributed by atoms with E-state index in [0.717, 1.165) is 29.1 Å². The molecule has 0 saturated carbocycles. The minimum absolute atomic E-state index is 0.0663. The average Bonchev–Trinajstić information content (AvgIpc) is 2.80. The molecule has 0 radical (unpaired) electrons. The fourth-order valence-corrected chi connectivity index (χ4v) is 2.74. The molecule has 0 fully saturated rings. The number of H-pyrrole nitrogens is 1. The first kappa shape index (κ1) is 15.2. The molecule has 0 amide bonds. The van der Waals surface area contributed by atoms with E-state index in [1.807, 2.05) is 45.0 Å². The Morgan fingerprint density at radius 3 is 2.30 bits per heavy atom. The van der Waals surface area contributed by atoms with E-state index in [9.17, 15) is 4.79 Å². The molecule has 3 aromatic rings. The van der Waals surface area contributed by atoms with E-state index in [2.05, 4.69) is 27.2 Å². The van der Waals surface area contributed by atoms with Crippen molar-refractivity contribution in [1.82, 2.24) is 19.7 Å². The van der Waals surface area contributed by atoms with E-state index >= 15 is 0 Å². The molecule has 5 nitrogen and oxygen atoms in total. The highest BCUT2D eigenvalue weighted by Gasteiger charge is 2.14. The lowest BCUT2D eigenvalue weighted by atomic mass is 10.1. The van der Waals surface area contributed by atoms with Crippen molar-refractivity contribution in [2.24, 2.45) is 0 Å². The van der Waals surface area contributed by atoms with Crippen molar-refractivity contribution >= 4 is 0 Å². The number of nitrogens with one attached hydrogen (secondary N) is 1. The van der Waals surface area contributed by atoms with Crippen LogP contribution < -0.4 is 5.56 Å². The molecule has 0 aliphatic rings. The molecule has 0 atom stereocenters. The summed E-state index contributed by atoms with van der Waals surface area (Å²) in [6.07, 6.45) is 1.53. The summed E-state index contributed by atoms with van der Waals surface area (Å²) >= 11 is 0. The Bertz CT molecular complexity index is 858. The molecule has 2 heterocycles. The Morgan fingerprint density at radius 1 is 1.00 bits per heavy atom. The van der Waals surface area contributed by atoms with E-state index < -0.39 is 0 Å². The number of benzene rings is 1. The maximum Gasteiger partial charge on any atom is 0.277 e. The van der Waals surface area contributed by atoms with Gasteiger partial charge in [-0.25, -0.2) is 9.97 Å². The summed E-state index contributed by atoms with van der Waals surface area (Å²) in [6, 6.07) is 12.1. The van der Waals surface area contributed by atoms with Crippen LogP contribution in [0, 0.1) is 20.8 Å². The lowest BCUT2D eigenvalue weighted by Crippen LogP contribution is -2.20. The van der Waals surface area contributed by atoms with Gasteiger partial charge in [-0.1, -0.05) is 30.3 Å². The molecule has 2 aromatic heterocycles. The van der Waals surface area contributed by atoms with Crippen LogP contribution >= 0.6 is 0 Å². The first-order valence-corrected chi connectivity index (χ1v) is 7.71. The van der Waals surface area contributed by atoms with Crippen LogP contribution in [-0.4, -0.2) is 19.7 Å². The van der Waals surface area contributed by atoms with Gasteiger partial charge in [-0.2, -0.15) is 4.68 Å². The maximum atomic E-state index is 12.7. The van der Waals surface area contributed by atoms with E-state index in [1.54, 1.807) is 0 Å². The van der Waals surface area contributed by atoms with Gasteiger partial charge in [0.05, 0.1) is 0 Å². The van der Waals surface area contributed by atoms with Gasteiger partial charge in [-0.05, 0) is 45.2 Å². The van der Waals surface area contributed by atoms with Crippen LogP contribution in [0.2, 0.25) is 0 Å². The summed E-state index contributed by atoms with van der Waals surface area (Å²) in [6.45, 7) is 5.71. The quantitative estimate of drug-likeness (QED) is 0.806. The number of nitrogens with zero attached hydrogens (tertiary/aromatic N) is 3. The Hall–Kier alpha value is -2.69. The fourth-order valence-electron chi connectivity index (χ4n) is 2.74. The second kappa shape index (κ2) is 6.20. The van der Waals surface area contributed by atoms with Gasteiger partial charge in [0.25, 0.3) is 11.5 Å². The minimum atomic E-state index is -0.0663. The van der Waals surface area contributed by atoms with Gasteiger partial charge in [0, 0.05) is 22.6 Å². The smallest absolute Gasteiger partial charge is 0.277 e. The third-order valence-corrected chi connectivity index (χ3v) is 3.87. The molecular formula is C18H20N4O. The van der Waals surface area contributed by atoms with Gasteiger partial charge >= 0.3 is 0 Å². The Labute approximate surface area is 135 Å². The van der Waals surface area contributed by atoms with Crippen LogP contribution in [0.25, 0.3) is 5.95 Å². The summed E-state index contributed by atoms with van der Waals surface area (Å²) in [5.41, 5.74) is 4.51. The second-order valence-electron chi connectivity index (χ2n) is 5.79. The van der Waals surface area contributed by atoms with Crippen LogP contribution in [0.15, 0.2) is 41.2 Å². The van der Waals surface area contributed by atoms with Crippen LogP contribution in [0.4, 0.5) is 0 Å². The normalized spacial score (nSPS) is 10.9. The number of aromatic amines is 1. The fraction of sp³-hybridized carbons (Fsp3) is 0.278. The molecule has 1 N–H and O–H groups in total. The molecule has 5 heteroatoms. The van der Waals surface area contributed by atoms with Crippen molar-refractivity contribution in [2.75, 3.05) is 0 Å². The lowest BCUT2D eigenvalue weighted by Gasteiger charge is -2.02. The maximum absolute atomic E-state index is 12.7. The third kappa shape index (κ3) is 3.23.